The van der Waals surface area contributed by atoms with Crippen LogP contribution < -0.4 is 9.46 Å². The molecule has 1 aromatic rings. The van der Waals surface area contributed by atoms with Gasteiger partial charge in [0.05, 0.1) is 26.3 Å². The Labute approximate surface area is 198 Å². The maximum absolute atomic E-state index is 11.3. The summed E-state index contributed by atoms with van der Waals surface area (Å²) in [5.74, 6) is 0. The van der Waals surface area contributed by atoms with Crippen LogP contribution in [0.5, 0.6) is 0 Å². The first kappa shape index (κ1) is 31.3. The normalized spacial score (nSPS) is 11.4. The highest BCUT2D eigenvalue weighted by molar-refractivity contribution is 7.45. The lowest BCUT2D eigenvalue weighted by Gasteiger charge is -2.22. The Bertz CT molecular complexity index is 548. The minimum absolute atomic E-state index is 0.246. The third-order valence-electron chi connectivity index (χ3n) is 5.28. The van der Waals surface area contributed by atoms with E-state index in [1.54, 1.807) is 0 Å². The van der Waals surface area contributed by atoms with Crippen molar-refractivity contribution < 1.29 is 23.1 Å². The van der Waals surface area contributed by atoms with Gasteiger partial charge in [0, 0.05) is 0 Å². The quantitative estimate of drug-likeness (QED) is 0.118. The molecule has 0 aliphatic rings. The van der Waals surface area contributed by atoms with Gasteiger partial charge in [-0.15, -0.1) is 0 Å². The van der Waals surface area contributed by atoms with E-state index >= 15 is 0 Å². The van der Waals surface area contributed by atoms with Gasteiger partial charge >= 0.3 is 0 Å². The lowest BCUT2D eigenvalue weighted by atomic mass is 10.2. The van der Waals surface area contributed by atoms with Crippen molar-refractivity contribution >= 4 is 7.82 Å². The van der Waals surface area contributed by atoms with E-state index in [2.05, 4.69) is 55.6 Å². The molecule has 0 bridgehead atoms. The molecule has 6 nitrogen and oxygen atoms in total. The summed E-state index contributed by atoms with van der Waals surface area (Å²) in [6.45, 7) is 11.6. The van der Waals surface area contributed by atoms with Crippen molar-refractivity contribution in [3.8, 4) is 0 Å². The molecule has 0 unspecified atom stereocenters. The second-order valence-corrected chi connectivity index (χ2v) is 9.95. The van der Waals surface area contributed by atoms with Gasteiger partial charge in [-0.25, -0.2) is 9.13 Å². The highest BCUT2D eigenvalue weighted by Gasteiger charge is 2.08. The Balaban J connectivity index is 0.000000604. The summed E-state index contributed by atoms with van der Waals surface area (Å²) < 4.78 is 25.4. The number of phosphoric ester groups is 1. The average molecular weight is 475 g/mol. The van der Waals surface area contributed by atoms with Gasteiger partial charge in [-0.2, -0.15) is 0 Å². The van der Waals surface area contributed by atoms with Crippen LogP contribution in [-0.4, -0.2) is 17.8 Å². The topological polar surface area (TPSA) is 67.4 Å². The molecule has 0 radical (unpaired) electrons. The monoisotopic (exact) mass is 474 g/mol. The fourth-order valence-electron chi connectivity index (χ4n) is 3.21. The molecule has 0 fully saturated rings. The molecule has 0 N–H and O–H groups in total. The number of nitrogens with zero attached hydrogens (tertiary/aromatic N) is 2. The molecule has 1 rings (SSSR count). The van der Waals surface area contributed by atoms with Crippen molar-refractivity contribution in [1.82, 2.24) is 4.57 Å². The van der Waals surface area contributed by atoms with E-state index < -0.39 is 7.82 Å². The minimum Gasteiger partial charge on any atom is -0.756 e. The van der Waals surface area contributed by atoms with E-state index in [4.69, 9.17) is 9.05 Å². The number of imidazole rings is 1. The number of aryl methyl sites for hydroxylation is 2. The van der Waals surface area contributed by atoms with Crippen LogP contribution in [-0.2, 0) is 26.7 Å². The van der Waals surface area contributed by atoms with E-state index in [1.807, 2.05) is 0 Å². The molecule has 1 heterocycles. The van der Waals surface area contributed by atoms with Gasteiger partial charge in [-0.05, 0) is 32.1 Å². The Kier molecular flexibility index (Phi) is 21.7. The summed E-state index contributed by atoms with van der Waals surface area (Å²) in [4.78, 5) is 11.3. The number of hydrogen-bond donors (Lipinski definition) is 0. The Morgan fingerprint density at radius 1 is 0.750 bits per heavy atom. The second-order valence-electron chi connectivity index (χ2n) is 8.54. The van der Waals surface area contributed by atoms with Crippen LogP contribution in [0.2, 0.25) is 0 Å². The van der Waals surface area contributed by atoms with Crippen LogP contribution in [0.25, 0.3) is 0 Å². The molecule has 0 atom stereocenters. The van der Waals surface area contributed by atoms with Crippen molar-refractivity contribution in [2.24, 2.45) is 0 Å². The zero-order chi connectivity index (χ0) is 23.9. The lowest BCUT2D eigenvalue weighted by molar-refractivity contribution is -0.696. The van der Waals surface area contributed by atoms with Crippen molar-refractivity contribution in [2.45, 2.75) is 131 Å². The maximum atomic E-state index is 11.3. The van der Waals surface area contributed by atoms with E-state index in [-0.39, 0.29) is 13.2 Å². The first-order valence-electron chi connectivity index (χ1n) is 13.1. The first-order chi connectivity index (χ1) is 15.5. The summed E-state index contributed by atoms with van der Waals surface area (Å²) in [6, 6.07) is 0. The van der Waals surface area contributed by atoms with E-state index in [9.17, 15) is 9.46 Å². The summed E-state index contributed by atoms with van der Waals surface area (Å²) in [7, 11) is -4.04. The molecule has 0 aliphatic carbocycles. The number of aromatic nitrogens is 2. The van der Waals surface area contributed by atoms with Gasteiger partial charge < -0.3 is 13.9 Å². The molecule has 0 saturated carbocycles. The minimum atomic E-state index is -4.04. The van der Waals surface area contributed by atoms with Crippen LogP contribution in [0.4, 0.5) is 0 Å². The third-order valence-corrected chi connectivity index (χ3v) is 6.28. The van der Waals surface area contributed by atoms with Crippen molar-refractivity contribution in [3.05, 3.63) is 18.7 Å². The molecule has 32 heavy (non-hydrogen) atoms. The lowest BCUT2D eigenvalue weighted by Crippen LogP contribution is -2.30. The predicted octanol–water partition coefficient (Wildman–Crippen LogP) is 6.80. The molecular formula is C25H51N2O4P. The third kappa shape index (κ3) is 20.0. The van der Waals surface area contributed by atoms with Crippen LogP contribution in [0.1, 0.15) is 118 Å². The Morgan fingerprint density at radius 2 is 1.25 bits per heavy atom. The summed E-state index contributed by atoms with van der Waals surface area (Å²) in [5, 5.41) is 0. The second kappa shape index (κ2) is 22.1. The Morgan fingerprint density at radius 3 is 1.75 bits per heavy atom. The van der Waals surface area contributed by atoms with Gasteiger partial charge in [-0.3, -0.25) is 4.57 Å². The highest BCUT2D eigenvalue weighted by atomic mass is 31.2. The van der Waals surface area contributed by atoms with Gasteiger partial charge in [0.2, 0.25) is 6.33 Å². The zero-order valence-corrected chi connectivity index (χ0v) is 22.3. The van der Waals surface area contributed by atoms with Crippen LogP contribution in [0, 0.1) is 0 Å². The Hall–Kier alpha value is -0.680. The fourth-order valence-corrected chi connectivity index (χ4v) is 3.99. The van der Waals surface area contributed by atoms with E-state index in [0.29, 0.717) is 0 Å². The molecule has 0 aromatic carbocycles. The number of hydrogen-bond acceptors (Lipinski definition) is 4. The highest BCUT2D eigenvalue weighted by Crippen LogP contribution is 2.38. The first-order valence-corrected chi connectivity index (χ1v) is 14.6. The summed E-state index contributed by atoms with van der Waals surface area (Å²) in [5.41, 5.74) is 0. The number of unbranched alkanes of at least 4 members (excludes halogenated alkanes) is 10. The number of rotatable bonds is 20. The van der Waals surface area contributed by atoms with Gasteiger partial charge in [-0.1, -0.05) is 85.5 Å². The van der Waals surface area contributed by atoms with Gasteiger partial charge in [0.1, 0.15) is 12.4 Å². The fraction of sp³-hybridized carbons (Fsp3) is 0.880. The number of phosphoric acid groups is 1. The van der Waals surface area contributed by atoms with Gasteiger partial charge in [0.25, 0.3) is 7.82 Å². The molecule has 1 aromatic heterocycles. The smallest absolute Gasteiger partial charge is 0.267 e. The largest absolute Gasteiger partial charge is 0.756 e. The molecule has 0 saturated heterocycles. The molecular weight excluding hydrogens is 423 g/mol. The standard InChI is InChI=1S/C13H25N2.C12H27O4P/c1-3-5-7-8-10-15-12-11-14(13-15)9-6-4-2;1-3-5-7-9-11-15-17(13,14)16-12-10-8-6-4-2/h11-13H,3-10H2,1-2H3;3-12H2,1-2H3,(H,13,14)/q+1;/p-1. The van der Waals surface area contributed by atoms with Crippen molar-refractivity contribution in [2.75, 3.05) is 13.2 Å². The molecule has 0 amide bonds. The SMILES string of the molecule is CCCCCCOP(=O)([O-])OCCCCCC.CCCCCC[n+]1ccn(CCCC)c1. The van der Waals surface area contributed by atoms with Gasteiger partial charge in [0.15, 0.2) is 0 Å². The van der Waals surface area contributed by atoms with E-state index in [0.717, 1.165) is 51.4 Å². The van der Waals surface area contributed by atoms with Crippen molar-refractivity contribution in [3.63, 3.8) is 0 Å². The predicted molar refractivity (Wildman–Crippen MR) is 131 cm³/mol. The van der Waals surface area contributed by atoms with Crippen LogP contribution in [0.15, 0.2) is 18.7 Å². The van der Waals surface area contributed by atoms with Crippen LogP contribution >= 0.6 is 7.82 Å². The van der Waals surface area contributed by atoms with E-state index in [1.165, 1.54) is 51.6 Å². The summed E-state index contributed by atoms with van der Waals surface area (Å²) in [6.07, 6.45) is 22.6. The molecule has 7 heteroatoms. The molecule has 0 spiro atoms. The zero-order valence-electron chi connectivity index (χ0n) is 21.4. The van der Waals surface area contributed by atoms with Crippen LogP contribution in [0.3, 0.4) is 0 Å². The maximum Gasteiger partial charge on any atom is 0.267 e. The average Bonchev–Trinajstić information content (AvgIpc) is 3.23. The summed E-state index contributed by atoms with van der Waals surface area (Å²) >= 11 is 0. The van der Waals surface area contributed by atoms with Crippen molar-refractivity contribution in [1.29, 1.82) is 0 Å². The molecule has 0 aliphatic heterocycles. The molecule has 190 valence electrons.